The summed E-state index contributed by atoms with van der Waals surface area (Å²) in [6.45, 7) is 3.77. The lowest BCUT2D eigenvalue weighted by Crippen LogP contribution is -2.31. The Hall–Kier alpha value is -1.71. The predicted octanol–water partition coefficient (Wildman–Crippen LogP) is 4.74. The fourth-order valence-corrected chi connectivity index (χ4v) is 2.37. The molecule has 0 aliphatic carbocycles. The van der Waals surface area contributed by atoms with E-state index in [0.717, 1.165) is 11.3 Å². The first-order valence-electron chi connectivity index (χ1n) is 6.54. The van der Waals surface area contributed by atoms with E-state index in [-0.39, 0.29) is 5.91 Å². The smallest absolute Gasteiger partial charge is 0.246 e. The van der Waals surface area contributed by atoms with E-state index in [1.54, 1.807) is 25.1 Å². The van der Waals surface area contributed by atoms with Gasteiger partial charge in [0, 0.05) is 21.4 Å². The van der Waals surface area contributed by atoms with E-state index in [9.17, 15) is 4.79 Å². The van der Waals surface area contributed by atoms with Gasteiger partial charge in [-0.3, -0.25) is 4.79 Å². The van der Waals surface area contributed by atoms with Crippen LogP contribution in [0.5, 0.6) is 0 Å². The number of halogens is 2. The average molecular weight is 323 g/mol. The lowest BCUT2D eigenvalue weighted by molar-refractivity contribution is -0.116. The molecular formula is C16H16Cl2N2O. The van der Waals surface area contributed by atoms with E-state index in [2.05, 4.69) is 10.6 Å². The molecule has 110 valence electrons. The molecule has 3 nitrogen and oxygen atoms in total. The number of anilines is 2. The first-order chi connectivity index (χ1) is 9.94. The molecule has 2 aromatic rings. The van der Waals surface area contributed by atoms with Crippen molar-refractivity contribution in [3.8, 4) is 0 Å². The van der Waals surface area contributed by atoms with Gasteiger partial charge < -0.3 is 10.6 Å². The Bertz CT molecular complexity index is 621. The number of rotatable bonds is 4. The number of benzene rings is 2. The molecule has 1 unspecified atom stereocenters. The topological polar surface area (TPSA) is 41.1 Å². The van der Waals surface area contributed by atoms with E-state index >= 15 is 0 Å². The maximum atomic E-state index is 12.1. The van der Waals surface area contributed by atoms with Crippen LogP contribution in [0.15, 0.2) is 42.5 Å². The molecule has 2 aromatic carbocycles. The zero-order valence-electron chi connectivity index (χ0n) is 11.8. The Kier molecular flexibility index (Phi) is 5.10. The highest BCUT2D eigenvalue weighted by atomic mass is 35.5. The maximum absolute atomic E-state index is 12.1. The van der Waals surface area contributed by atoms with E-state index in [4.69, 9.17) is 23.2 Å². The Morgan fingerprint density at radius 1 is 1.00 bits per heavy atom. The minimum atomic E-state index is -0.416. The van der Waals surface area contributed by atoms with Crippen LogP contribution in [0.2, 0.25) is 10.0 Å². The Balaban J connectivity index is 2.00. The van der Waals surface area contributed by atoms with Crippen molar-refractivity contribution in [2.45, 2.75) is 19.9 Å². The van der Waals surface area contributed by atoms with Crippen LogP contribution in [-0.4, -0.2) is 11.9 Å². The fraction of sp³-hybridized carbons (Fsp3) is 0.188. The van der Waals surface area contributed by atoms with Crippen LogP contribution in [0.4, 0.5) is 11.4 Å². The van der Waals surface area contributed by atoms with Crippen LogP contribution in [0.1, 0.15) is 12.5 Å². The molecule has 5 heteroatoms. The molecular weight excluding hydrogens is 307 g/mol. The normalized spacial score (nSPS) is 11.8. The highest BCUT2D eigenvalue weighted by Gasteiger charge is 2.13. The van der Waals surface area contributed by atoms with E-state index in [0.29, 0.717) is 15.7 Å². The summed E-state index contributed by atoms with van der Waals surface area (Å²) in [5.74, 6) is -0.130. The second kappa shape index (κ2) is 6.83. The Morgan fingerprint density at radius 3 is 2.14 bits per heavy atom. The molecule has 0 spiro atoms. The van der Waals surface area contributed by atoms with Gasteiger partial charge in [0.1, 0.15) is 6.04 Å². The Morgan fingerprint density at radius 2 is 1.57 bits per heavy atom. The summed E-state index contributed by atoms with van der Waals surface area (Å²) < 4.78 is 0. The SMILES string of the molecule is Cc1ccc(NC(=O)C(C)Nc2cc(Cl)cc(Cl)c2)cc1. The zero-order chi connectivity index (χ0) is 15.4. The van der Waals surface area contributed by atoms with Gasteiger partial charge in [0.15, 0.2) is 0 Å². The first-order valence-corrected chi connectivity index (χ1v) is 7.30. The monoisotopic (exact) mass is 322 g/mol. The van der Waals surface area contributed by atoms with Crippen molar-refractivity contribution in [3.63, 3.8) is 0 Å². The lowest BCUT2D eigenvalue weighted by atomic mass is 10.2. The summed E-state index contributed by atoms with van der Waals surface area (Å²) in [5.41, 5.74) is 2.62. The van der Waals surface area contributed by atoms with Crippen LogP contribution in [0.25, 0.3) is 0 Å². The number of hydrogen-bond acceptors (Lipinski definition) is 2. The lowest BCUT2D eigenvalue weighted by Gasteiger charge is -2.16. The largest absolute Gasteiger partial charge is 0.374 e. The molecule has 1 atom stereocenters. The predicted molar refractivity (Wildman–Crippen MR) is 89.4 cm³/mol. The van der Waals surface area contributed by atoms with Crippen molar-refractivity contribution in [3.05, 3.63) is 58.1 Å². The van der Waals surface area contributed by atoms with E-state index in [1.807, 2.05) is 31.2 Å². The van der Waals surface area contributed by atoms with Gasteiger partial charge >= 0.3 is 0 Å². The summed E-state index contributed by atoms with van der Waals surface area (Å²) in [5, 5.41) is 6.97. The molecule has 21 heavy (non-hydrogen) atoms. The third-order valence-electron chi connectivity index (χ3n) is 2.96. The number of aryl methyl sites for hydroxylation is 1. The van der Waals surface area contributed by atoms with Gasteiger partial charge in [-0.25, -0.2) is 0 Å². The molecule has 0 fully saturated rings. The van der Waals surface area contributed by atoms with Gasteiger partial charge in [-0.1, -0.05) is 40.9 Å². The molecule has 0 radical (unpaired) electrons. The van der Waals surface area contributed by atoms with Gasteiger partial charge in [0.2, 0.25) is 5.91 Å². The summed E-state index contributed by atoms with van der Waals surface area (Å²) in [6.07, 6.45) is 0. The third-order valence-corrected chi connectivity index (χ3v) is 3.39. The second-order valence-electron chi connectivity index (χ2n) is 4.88. The number of nitrogens with one attached hydrogen (secondary N) is 2. The average Bonchev–Trinajstić information content (AvgIpc) is 2.40. The van der Waals surface area contributed by atoms with Crippen LogP contribution >= 0.6 is 23.2 Å². The summed E-state index contributed by atoms with van der Waals surface area (Å²) >= 11 is 11.9. The molecule has 2 N–H and O–H groups in total. The van der Waals surface area contributed by atoms with Crippen LogP contribution in [-0.2, 0) is 4.79 Å². The van der Waals surface area contributed by atoms with Gasteiger partial charge in [-0.2, -0.15) is 0 Å². The van der Waals surface area contributed by atoms with Crippen molar-refractivity contribution in [1.82, 2.24) is 0 Å². The number of carbonyl (C=O) groups excluding carboxylic acids is 1. The maximum Gasteiger partial charge on any atom is 0.246 e. The van der Waals surface area contributed by atoms with Crippen molar-refractivity contribution in [2.75, 3.05) is 10.6 Å². The van der Waals surface area contributed by atoms with Crippen LogP contribution in [0, 0.1) is 6.92 Å². The van der Waals surface area contributed by atoms with Gasteiger partial charge in [-0.05, 0) is 44.2 Å². The minimum Gasteiger partial charge on any atom is -0.374 e. The van der Waals surface area contributed by atoms with Crippen LogP contribution in [0.3, 0.4) is 0 Å². The molecule has 0 saturated carbocycles. The molecule has 0 bridgehead atoms. The number of hydrogen-bond donors (Lipinski definition) is 2. The van der Waals surface area contributed by atoms with E-state index in [1.165, 1.54) is 0 Å². The van der Waals surface area contributed by atoms with E-state index < -0.39 is 6.04 Å². The molecule has 0 aliphatic rings. The van der Waals surface area contributed by atoms with Crippen molar-refractivity contribution in [2.24, 2.45) is 0 Å². The van der Waals surface area contributed by atoms with Crippen LogP contribution < -0.4 is 10.6 Å². The summed E-state index contributed by atoms with van der Waals surface area (Å²) in [4.78, 5) is 12.1. The van der Waals surface area contributed by atoms with Crippen molar-refractivity contribution < 1.29 is 4.79 Å². The highest BCUT2D eigenvalue weighted by Crippen LogP contribution is 2.23. The van der Waals surface area contributed by atoms with Crippen molar-refractivity contribution >= 4 is 40.5 Å². The third kappa shape index (κ3) is 4.66. The summed E-state index contributed by atoms with van der Waals surface area (Å²) in [7, 11) is 0. The second-order valence-corrected chi connectivity index (χ2v) is 5.75. The van der Waals surface area contributed by atoms with Gasteiger partial charge in [0.05, 0.1) is 0 Å². The molecule has 0 aromatic heterocycles. The quantitative estimate of drug-likeness (QED) is 0.853. The molecule has 0 heterocycles. The van der Waals surface area contributed by atoms with Crippen molar-refractivity contribution in [1.29, 1.82) is 0 Å². The fourth-order valence-electron chi connectivity index (χ4n) is 1.84. The van der Waals surface area contributed by atoms with Gasteiger partial charge in [0.25, 0.3) is 0 Å². The molecule has 1 amide bonds. The highest BCUT2D eigenvalue weighted by molar-refractivity contribution is 6.35. The van der Waals surface area contributed by atoms with Gasteiger partial charge in [-0.15, -0.1) is 0 Å². The molecule has 0 saturated heterocycles. The first kappa shape index (κ1) is 15.7. The number of amides is 1. The zero-order valence-corrected chi connectivity index (χ0v) is 13.3. The molecule has 2 rings (SSSR count). The molecule has 0 aliphatic heterocycles. The minimum absolute atomic E-state index is 0.130. The summed E-state index contributed by atoms with van der Waals surface area (Å²) in [6, 6.07) is 12.3. The number of carbonyl (C=O) groups is 1. The standard InChI is InChI=1S/C16H16Cl2N2O/c1-10-3-5-14(6-4-10)20-16(21)11(2)19-15-8-12(17)7-13(18)9-15/h3-9,11,19H,1-2H3,(H,20,21). The Labute approximate surface area is 134 Å².